The highest BCUT2D eigenvalue weighted by molar-refractivity contribution is 14.0. The fraction of sp³-hybridized carbons (Fsp3) is 0.458. The van der Waals surface area contributed by atoms with Crippen LogP contribution >= 0.6 is 24.0 Å². The van der Waals surface area contributed by atoms with Crippen molar-refractivity contribution in [3.05, 3.63) is 53.8 Å². The summed E-state index contributed by atoms with van der Waals surface area (Å²) < 4.78 is 35.1. The molecule has 0 aliphatic carbocycles. The normalized spacial score (nSPS) is 11.2. The van der Waals surface area contributed by atoms with Gasteiger partial charge in [0.2, 0.25) is 0 Å². The van der Waals surface area contributed by atoms with Crippen LogP contribution in [0.1, 0.15) is 25.8 Å². The van der Waals surface area contributed by atoms with E-state index in [9.17, 15) is 4.39 Å². The Labute approximate surface area is 213 Å². The van der Waals surface area contributed by atoms with E-state index < -0.39 is 5.82 Å². The van der Waals surface area contributed by atoms with Crippen molar-refractivity contribution in [3.8, 4) is 11.5 Å². The Hall–Kier alpha value is -2.11. The molecule has 0 spiro atoms. The number of methoxy groups -OCH3 is 2. The summed E-state index contributed by atoms with van der Waals surface area (Å²) in [6.45, 7) is 6.73. The Kier molecular flexibility index (Phi) is 14.5. The van der Waals surface area contributed by atoms with Gasteiger partial charge in [-0.15, -0.1) is 24.0 Å². The molecule has 0 radical (unpaired) electrons. The van der Waals surface area contributed by atoms with E-state index in [-0.39, 0.29) is 35.8 Å². The third kappa shape index (κ3) is 11.5. The molecule has 0 amide bonds. The quantitative estimate of drug-likeness (QED) is 0.154. The number of ether oxygens (including phenoxy) is 4. The van der Waals surface area contributed by atoms with Crippen LogP contribution in [-0.2, 0) is 16.0 Å². The molecule has 9 heteroatoms. The summed E-state index contributed by atoms with van der Waals surface area (Å²) in [7, 11) is 3.09. The molecule has 2 aromatic carbocycles. The molecule has 184 valence electrons. The first kappa shape index (κ1) is 28.9. The molecule has 0 heterocycles. The van der Waals surface area contributed by atoms with Crippen molar-refractivity contribution < 1.29 is 23.3 Å². The zero-order chi connectivity index (χ0) is 23.2. The molecule has 0 saturated heterocycles. The Morgan fingerprint density at radius 3 is 2.42 bits per heavy atom. The molecule has 7 nitrogen and oxygen atoms in total. The summed E-state index contributed by atoms with van der Waals surface area (Å²) >= 11 is 0. The minimum absolute atomic E-state index is 0. The van der Waals surface area contributed by atoms with Gasteiger partial charge >= 0.3 is 0 Å². The van der Waals surface area contributed by atoms with Crippen molar-refractivity contribution in [2.24, 2.45) is 4.99 Å². The third-order valence-corrected chi connectivity index (χ3v) is 4.31. The lowest BCUT2D eigenvalue weighted by Crippen LogP contribution is -2.32. The van der Waals surface area contributed by atoms with Crippen LogP contribution in [0.25, 0.3) is 0 Å². The summed E-state index contributed by atoms with van der Waals surface area (Å²) in [5, 5.41) is 6.57. The molecule has 0 aliphatic heterocycles. The van der Waals surface area contributed by atoms with E-state index in [1.54, 1.807) is 19.2 Å². The van der Waals surface area contributed by atoms with Gasteiger partial charge in [-0.25, -0.2) is 9.38 Å². The molecule has 0 aromatic heterocycles. The molecule has 33 heavy (non-hydrogen) atoms. The molecule has 2 aromatic rings. The lowest BCUT2D eigenvalue weighted by atomic mass is 10.2. The van der Waals surface area contributed by atoms with E-state index in [4.69, 9.17) is 18.9 Å². The lowest BCUT2D eigenvalue weighted by molar-refractivity contribution is 0.0699. The van der Waals surface area contributed by atoms with Gasteiger partial charge in [-0.2, -0.15) is 0 Å². The van der Waals surface area contributed by atoms with Crippen molar-refractivity contribution >= 4 is 35.6 Å². The van der Waals surface area contributed by atoms with Gasteiger partial charge in [0.05, 0.1) is 33.0 Å². The number of guanidine groups is 1. The highest BCUT2D eigenvalue weighted by atomic mass is 127. The third-order valence-electron chi connectivity index (χ3n) is 4.31. The fourth-order valence-corrected chi connectivity index (χ4v) is 2.77. The van der Waals surface area contributed by atoms with Gasteiger partial charge in [-0.05, 0) is 62.2 Å². The van der Waals surface area contributed by atoms with Crippen LogP contribution in [-0.4, -0.2) is 52.6 Å². The second kappa shape index (κ2) is 16.5. The van der Waals surface area contributed by atoms with Gasteiger partial charge in [0.1, 0.15) is 5.75 Å². The maximum Gasteiger partial charge on any atom is 0.196 e. The Morgan fingerprint density at radius 2 is 1.79 bits per heavy atom. The average Bonchev–Trinajstić information content (AvgIpc) is 2.77. The average molecular weight is 575 g/mol. The second-order valence-corrected chi connectivity index (χ2v) is 7.34. The fourth-order valence-electron chi connectivity index (χ4n) is 2.77. The van der Waals surface area contributed by atoms with Crippen molar-refractivity contribution in [2.45, 2.75) is 32.9 Å². The zero-order valence-corrected chi connectivity index (χ0v) is 22.1. The lowest BCUT2D eigenvalue weighted by Gasteiger charge is -2.14. The first-order valence-corrected chi connectivity index (χ1v) is 10.7. The second-order valence-electron chi connectivity index (χ2n) is 7.34. The largest absolute Gasteiger partial charge is 0.494 e. The number of halogens is 2. The van der Waals surface area contributed by atoms with Gasteiger partial charge in [-0.3, -0.25) is 0 Å². The molecule has 0 bridgehead atoms. The van der Waals surface area contributed by atoms with Crippen molar-refractivity contribution in [1.82, 2.24) is 5.32 Å². The minimum atomic E-state index is -0.406. The molecule has 0 atom stereocenters. The summed E-state index contributed by atoms with van der Waals surface area (Å²) in [6.07, 6.45) is 0.923. The van der Waals surface area contributed by atoms with E-state index in [1.807, 2.05) is 38.1 Å². The van der Waals surface area contributed by atoms with Crippen LogP contribution in [0.15, 0.2) is 47.5 Å². The monoisotopic (exact) mass is 575 g/mol. The van der Waals surface area contributed by atoms with Crippen LogP contribution in [0.5, 0.6) is 11.5 Å². The van der Waals surface area contributed by atoms with Crippen LogP contribution in [0, 0.1) is 5.82 Å². The SMILES string of the molecule is COCCOCCCNC(=NCc1ccc(OC)c(F)c1)Nc1ccc(OC(C)C)cc1.I. The van der Waals surface area contributed by atoms with E-state index in [1.165, 1.54) is 13.2 Å². The Balaban J connectivity index is 0.00000544. The zero-order valence-electron chi connectivity index (χ0n) is 19.7. The van der Waals surface area contributed by atoms with Crippen LogP contribution in [0.2, 0.25) is 0 Å². The number of nitrogens with one attached hydrogen (secondary N) is 2. The topological polar surface area (TPSA) is 73.3 Å². The van der Waals surface area contributed by atoms with Gasteiger partial charge < -0.3 is 29.6 Å². The summed E-state index contributed by atoms with van der Waals surface area (Å²) in [5.74, 6) is 1.21. The highest BCUT2D eigenvalue weighted by Gasteiger charge is 2.05. The summed E-state index contributed by atoms with van der Waals surface area (Å²) in [4.78, 5) is 4.60. The maximum absolute atomic E-state index is 14.0. The standard InChI is InChI=1S/C24H34FN3O4.HI/c1-18(2)32-21-9-7-20(8-10-21)28-24(26-12-5-13-31-15-14-29-3)27-17-19-6-11-23(30-4)22(25)16-19;/h6-11,16,18H,5,12-15,17H2,1-4H3,(H2,26,27,28);1H. The Morgan fingerprint density at radius 1 is 1.03 bits per heavy atom. The number of rotatable bonds is 13. The van der Waals surface area contributed by atoms with Crippen LogP contribution in [0.4, 0.5) is 10.1 Å². The predicted molar refractivity (Wildman–Crippen MR) is 141 cm³/mol. The van der Waals surface area contributed by atoms with E-state index >= 15 is 0 Å². The molecule has 0 unspecified atom stereocenters. The predicted octanol–water partition coefficient (Wildman–Crippen LogP) is 4.85. The van der Waals surface area contributed by atoms with Crippen LogP contribution < -0.4 is 20.1 Å². The maximum atomic E-state index is 14.0. The first-order chi connectivity index (χ1) is 15.5. The molecule has 2 N–H and O–H groups in total. The van der Waals surface area contributed by atoms with Gasteiger partial charge in [0, 0.05) is 25.9 Å². The smallest absolute Gasteiger partial charge is 0.196 e. The van der Waals surface area contributed by atoms with Crippen molar-refractivity contribution in [3.63, 3.8) is 0 Å². The van der Waals surface area contributed by atoms with Gasteiger partial charge in [0.25, 0.3) is 0 Å². The summed E-state index contributed by atoms with van der Waals surface area (Å²) in [5.41, 5.74) is 1.61. The van der Waals surface area contributed by atoms with E-state index in [0.29, 0.717) is 38.9 Å². The van der Waals surface area contributed by atoms with Crippen molar-refractivity contribution in [1.29, 1.82) is 0 Å². The number of nitrogens with zero attached hydrogens (tertiary/aromatic N) is 1. The minimum Gasteiger partial charge on any atom is -0.494 e. The Bertz CT molecular complexity index is 835. The first-order valence-electron chi connectivity index (χ1n) is 10.7. The van der Waals surface area contributed by atoms with Gasteiger partial charge in [0.15, 0.2) is 17.5 Å². The number of aliphatic imine (C=N–C) groups is 1. The van der Waals surface area contributed by atoms with Gasteiger partial charge in [-0.1, -0.05) is 6.07 Å². The molecular formula is C24H35FIN3O4. The van der Waals surface area contributed by atoms with Crippen molar-refractivity contribution in [2.75, 3.05) is 45.9 Å². The molecule has 0 aliphatic rings. The number of anilines is 1. The van der Waals surface area contributed by atoms with E-state index in [2.05, 4.69) is 15.6 Å². The number of hydrogen-bond donors (Lipinski definition) is 2. The molecule has 0 saturated carbocycles. The number of hydrogen-bond acceptors (Lipinski definition) is 5. The summed E-state index contributed by atoms with van der Waals surface area (Å²) in [6, 6.07) is 12.5. The number of benzene rings is 2. The highest BCUT2D eigenvalue weighted by Crippen LogP contribution is 2.19. The van der Waals surface area contributed by atoms with Crippen LogP contribution in [0.3, 0.4) is 0 Å². The molecule has 0 fully saturated rings. The van der Waals surface area contributed by atoms with E-state index in [0.717, 1.165) is 23.4 Å². The molecular weight excluding hydrogens is 540 g/mol. The molecule has 2 rings (SSSR count).